The molecule has 20 heavy (non-hydrogen) atoms. The van der Waals surface area contributed by atoms with Crippen LogP contribution >= 0.6 is 23.5 Å². The maximum absolute atomic E-state index is 12.5. The van der Waals surface area contributed by atoms with Gasteiger partial charge in [0, 0.05) is 11.5 Å². The minimum absolute atomic E-state index is 0.0186. The van der Waals surface area contributed by atoms with Crippen LogP contribution in [-0.4, -0.2) is 36.4 Å². The highest BCUT2D eigenvalue weighted by Gasteiger charge is 2.49. The van der Waals surface area contributed by atoms with Gasteiger partial charge in [-0.1, -0.05) is 12.8 Å². The third-order valence-corrected chi connectivity index (χ3v) is 9.13. The quantitative estimate of drug-likeness (QED) is 0.810. The van der Waals surface area contributed by atoms with Gasteiger partial charge in [-0.2, -0.15) is 0 Å². The fourth-order valence-corrected chi connectivity index (χ4v) is 6.61. The third-order valence-electron chi connectivity index (χ3n) is 3.74. The molecule has 0 bridgehead atoms. The Morgan fingerprint density at radius 2 is 1.90 bits per heavy atom. The molecular formula is C14H25NO2S3. The van der Waals surface area contributed by atoms with Gasteiger partial charge in [-0.05, 0) is 40.0 Å². The summed E-state index contributed by atoms with van der Waals surface area (Å²) in [4.78, 5) is 12.3. The number of ketones is 1. The first-order valence-electron chi connectivity index (χ1n) is 7.22. The van der Waals surface area contributed by atoms with E-state index >= 15 is 0 Å². The lowest BCUT2D eigenvalue weighted by Crippen LogP contribution is -2.53. The minimum atomic E-state index is -1.12. The summed E-state index contributed by atoms with van der Waals surface area (Å²) < 4.78 is 15.0. The lowest BCUT2D eigenvalue weighted by molar-refractivity contribution is -0.117. The topological polar surface area (TPSA) is 46.2 Å². The Balaban J connectivity index is 2.17. The molecule has 0 aromatic heterocycles. The monoisotopic (exact) mass is 335 g/mol. The molecule has 0 aromatic carbocycles. The largest absolute Gasteiger partial charge is 0.297 e. The summed E-state index contributed by atoms with van der Waals surface area (Å²) in [5.74, 6) is 2.95. The second kappa shape index (κ2) is 6.31. The molecule has 2 aliphatic rings. The fraction of sp³-hybridized carbons (Fsp3) is 0.929. The van der Waals surface area contributed by atoms with Crippen molar-refractivity contribution >= 4 is 40.3 Å². The molecular weight excluding hydrogens is 310 g/mol. The number of Topliss-reactive ketones (excluding diaryl/α,β-unsaturated/α-hetero) is 1. The zero-order valence-corrected chi connectivity index (χ0v) is 15.2. The van der Waals surface area contributed by atoms with Gasteiger partial charge < -0.3 is 0 Å². The number of nitrogens with one attached hydrogen (secondary N) is 1. The van der Waals surface area contributed by atoms with Crippen molar-refractivity contribution in [1.29, 1.82) is 0 Å². The van der Waals surface area contributed by atoms with E-state index in [1.165, 1.54) is 12.8 Å². The van der Waals surface area contributed by atoms with E-state index < -0.39 is 15.1 Å². The Hall–Kier alpha value is 0.480. The van der Waals surface area contributed by atoms with Crippen LogP contribution < -0.4 is 4.72 Å². The summed E-state index contributed by atoms with van der Waals surface area (Å²) in [5, 5.41) is 0. The normalized spacial score (nSPS) is 25.4. The number of rotatable bonds is 6. The fourth-order valence-electron chi connectivity index (χ4n) is 2.35. The maximum atomic E-state index is 12.5. The van der Waals surface area contributed by atoms with Gasteiger partial charge in [-0.15, -0.1) is 23.5 Å². The van der Waals surface area contributed by atoms with Crippen LogP contribution in [0.5, 0.6) is 0 Å². The highest BCUT2D eigenvalue weighted by Crippen LogP contribution is 2.50. The van der Waals surface area contributed by atoms with Crippen LogP contribution in [0.3, 0.4) is 0 Å². The van der Waals surface area contributed by atoms with Gasteiger partial charge in [0.15, 0.2) is 5.78 Å². The first kappa shape index (κ1) is 16.8. The van der Waals surface area contributed by atoms with Crippen molar-refractivity contribution in [2.45, 2.75) is 61.8 Å². The lowest BCUT2D eigenvalue weighted by atomic mass is 10.0. The smallest absolute Gasteiger partial charge is 0.157 e. The standard InChI is InChI=1S/C14H25NO2S3/c1-10(16)14(18-7-8-19-14)12(9-11-5-6-11)15-20(17)13(2,3)4/h11-12,15H,5-9H2,1-4H3. The van der Waals surface area contributed by atoms with Crippen LogP contribution in [0.25, 0.3) is 0 Å². The van der Waals surface area contributed by atoms with Gasteiger partial charge >= 0.3 is 0 Å². The number of hydrogen-bond acceptors (Lipinski definition) is 4. The minimum Gasteiger partial charge on any atom is -0.297 e. The predicted octanol–water partition coefficient (Wildman–Crippen LogP) is 2.97. The summed E-state index contributed by atoms with van der Waals surface area (Å²) in [6.45, 7) is 7.60. The molecule has 116 valence electrons. The first-order chi connectivity index (χ1) is 9.25. The van der Waals surface area contributed by atoms with Crippen LogP contribution in [0.1, 0.15) is 47.0 Å². The van der Waals surface area contributed by atoms with Gasteiger partial charge in [-0.3, -0.25) is 4.79 Å². The van der Waals surface area contributed by atoms with Gasteiger partial charge in [0.1, 0.15) is 4.08 Å². The SMILES string of the molecule is CC(=O)C1(C(CC2CC2)NS(=O)C(C)(C)C)SCCS1. The molecule has 6 heteroatoms. The molecule has 1 N–H and O–H groups in total. The molecule has 1 heterocycles. The van der Waals surface area contributed by atoms with Crippen LogP contribution in [0, 0.1) is 5.92 Å². The summed E-state index contributed by atoms with van der Waals surface area (Å²) in [7, 11) is -1.12. The van der Waals surface area contributed by atoms with Gasteiger partial charge in [0.25, 0.3) is 0 Å². The zero-order valence-electron chi connectivity index (χ0n) is 12.7. The Kier molecular flexibility index (Phi) is 5.31. The molecule has 2 fully saturated rings. The Morgan fingerprint density at radius 1 is 1.35 bits per heavy atom. The molecule has 1 saturated carbocycles. The lowest BCUT2D eigenvalue weighted by Gasteiger charge is -2.35. The predicted molar refractivity (Wildman–Crippen MR) is 90.5 cm³/mol. The summed E-state index contributed by atoms with van der Waals surface area (Å²) in [6.07, 6.45) is 3.48. The van der Waals surface area contributed by atoms with Gasteiger partial charge in [0.05, 0.1) is 21.8 Å². The number of thioether (sulfide) groups is 2. The van der Waals surface area contributed by atoms with E-state index in [9.17, 15) is 9.00 Å². The molecule has 0 aromatic rings. The number of carbonyl (C=O) groups is 1. The molecule has 2 rings (SSSR count). The molecule has 1 aliphatic carbocycles. The Bertz CT molecular complexity index is 396. The van der Waals surface area contributed by atoms with Gasteiger partial charge in [0.2, 0.25) is 0 Å². The van der Waals surface area contributed by atoms with E-state index in [2.05, 4.69) is 4.72 Å². The van der Waals surface area contributed by atoms with E-state index in [4.69, 9.17) is 0 Å². The van der Waals surface area contributed by atoms with E-state index in [1.807, 2.05) is 20.8 Å². The third kappa shape index (κ3) is 3.81. The van der Waals surface area contributed by atoms with Crippen molar-refractivity contribution in [3.8, 4) is 0 Å². The van der Waals surface area contributed by atoms with Crippen molar-refractivity contribution < 1.29 is 9.00 Å². The van der Waals surface area contributed by atoms with Crippen LogP contribution in [0.15, 0.2) is 0 Å². The van der Waals surface area contributed by atoms with Crippen molar-refractivity contribution in [3.05, 3.63) is 0 Å². The highest BCUT2D eigenvalue weighted by atomic mass is 32.2. The first-order valence-corrected chi connectivity index (χ1v) is 10.3. The highest BCUT2D eigenvalue weighted by molar-refractivity contribution is 8.22. The van der Waals surface area contributed by atoms with E-state index in [1.54, 1.807) is 30.4 Å². The number of hydrogen-bond donors (Lipinski definition) is 1. The Morgan fingerprint density at radius 3 is 2.30 bits per heavy atom. The van der Waals surface area contributed by atoms with E-state index in [0.29, 0.717) is 5.92 Å². The molecule has 1 saturated heterocycles. The van der Waals surface area contributed by atoms with Gasteiger partial charge in [-0.25, -0.2) is 8.93 Å². The number of carbonyl (C=O) groups excluding carboxylic acids is 1. The zero-order chi connectivity index (χ0) is 15.0. The van der Waals surface area contributed by atoms with E-state index in [-0.39, 0.29) is 16.6 Å². The molecule has 1 aliphatic heterocycles. The van der Waals surface area contributed by atoms with Crippen molar-refractivity contribution in [2.24, 2.45) is 5.92 Å². The summed E-state index contributed by atoms with van der Waals surface area (Å²) >= 11 is 3.49. The van der Waals surface area contributed by atoms with Crippen molar-refractivity contribution in [2.75, 3.05) is 11.5 Å². The second-order valence-electron chi connectivity index (χ2n) is 6.65. The van der Waals surface area contributed by atoms with Crippen molar-refractivity contribution in [1.82, 2.24) is 4.72 Å². The molecule has 3 nitrogen and oxygen atoms in total. The average Bonchev–Trinajstić information content (AvgIpc) is 3.01. The van der Waals surface area contributed by atoms with Crippen LogP contribution in [0.4, 0.5) is 0 Å². The summed E-state index contributed by atoms with van der Waals surface area (Å²) in [5.41, 5.74) is 0. The molecule has 0 radical (unpaired) electrons. The van der Waals surface area contributed by atoms with E-state index in [0.717, 1.165) is 17.9 Å². The second-order valence-corrected chi connectivity index (χ2v) is 11.6. The average molecular weight is 336 g/mol. The molecule has 0 amide bonds. The van der Waals surface area contributed by atoms with Crippen LogP contribution in [0.2, 0.25) is 0 Å². The van der Waals surface area contributed by atoms with Crippen LogP contribution in [-0.2, 0) is 15.8 Å². The maximum Gasteiger partial charge on any atom is 0.157 e. The summed E-state index contributed by atoms with van der Waals surface area (Å²) in [6, 6.07) is 0.0186. The van der Waals surface area contributed by atoms with Crippen molar-refractivity contribution in [3.63, 3.8) is 0 Å². The molecule has 2 atom stereocenters. The molecule has 0 spiro atoms. The Labute approximate surface area is 133 Å². The molecule has 2 unspecified atom stereocenters.